The predicted molar refractivity (Wildman–Crippen MR) is 157 cm³/mol. The fourth-order valence-electron chi connectivity index (χ4n) is 4.11. The number of aromatic nitrogens is 3. The summed E-state index contributed by atoms with van der Waals surface area (Å²) in [6.45, 7) is 1.51. The second-order valence-corrected chi connectivity index (χ2v) is 12.2. The van der Waals surface area contributed by atoms with Gasteiger partial charge in [-0.05, 0) is 30.4 Å². The van der Waals surface area contributed by atoms with E-state index in [0.717, 1.165) is 21.2 Å². The Morgan fingerprint density at radius 3 is 2.68 bits per heavy atom. The van der Waals surface area contributed by atoms with Crippen molar-refractivity contribution in [2.75, 3.05) is 12.3 Å². The summed E-state index contributed by atoms with van der Waals surface area (Å²) in [5.74, 6) is -0.378. The predicted octanol–water partition coefficient (Wildman–Crippen LogP) is 4.82. The molecule has 0 radical (unpaired) electrons. The Morgan fingerprint density at radius 2 is 1.88 bits per heavy atom. The van der Waals surface area contributed by atoms with Crippen molar-refractivity contribution in [1.29, 1.82) is 0 Å². The fraction of sp³-hybridized carbons (Fsp3) is 0.214. The molecule has 1 aromatic heterocycles. The lowest BCUT2D eigenvalue weighted by Gasteiger charge is -2.24. The highest BCUT2D eigenvalue weighted by atomic mass is 32.2. The normalized spacial score (nSPS) is 17.0. The van der Waals surface area contributed by atoms with E-state index in [4.69, 9.17) is 19.5 Å². The van der Waals surface area contributed by atoms with Gasteiger partial charge in [-0.25, -0.2) is 14.3 Å². The van der Waals surface area contributed by atoms with Crippen molar-refractivity contribution in [2.24, 2.45) is 0 Å². The Balaban J connectivity index is 1.30. The first-order valence-corrected chi connectivity index (χ1v) is 15.2. The van der Waals surface area contributed by atoms with E-state index >= 15 is 0 Å². The number of nitrogens with two attached hydrogens (primary N) is 1. The first-order valence-electron chi connectivity index (χ1n) is 12.8. The van der Waals surface area contributed by atoms with Gasteiger partial charge in [0, 0.05) is 10.3 Å². The molecule has 0 saturated carbocycles. The highest BCUT2D eigenvalue weighted by Gasteiger charge is 2.34. The van der Waals surface area contributed by atoms with Crippen molar-refractivity contribution in [2.45, 2.75) is 31.4 Å². The largest absolute Gasteiger partial charge is 0.460 e. The van der Waals surface area contributed by atoms with E-state index in [1.54, 1.807) is 12.1 Å². The lowest BCUT2D eigenvalue weighted by Crippen LogP contribution is -2.35. The molecule has 4 aromatic rings. The third kappa shape index (κ3) is 7.22. The quantitative estimate of drug-likeness (QED) is 0.182. The van der Waals surface area contributed by atoms with Crippen molar-refractivity contribution in [3.05, 3.63) is 106 Å². The third-order valence-corrected chi connectivity index (χ3v) is 9.05. The smallest absolute Gasteiger partial charge is 0.459 e. The van der Waals surface area contributed by atoms with Crippen LogP contribution in [-0.2, 0) is 25.2 Å². The molecule has 1 unspecified atom stereocenters. The number of hydrogen-bond acceptors (Lipinski definition) is 10. The fourth-order valence-corrected chi connectivity index (χ4v) is 6.80. The van der Waals surface area contributed by atoms with Crippen LogP contribution in [0.3, 0.4) is 0 Å². The molecule has 0 bridgehead atoms. The monoisotopic (exact) mass is 593 g/mol. The van der Waals surface area contributed by atoms with Crippen LogP contribution in [0.25, 0.3) is 10.8 Å². The molecule has 0 aliphatic carbocycles. The maximum absolute atomic E-state index is 14.1. The number of nitrogens with zero attached hydrogens (tertiary/aromatic N) is 3. The summed E-state index contributed by atoms with van der Waals surface area (Å²) in [5.41, 5.74) is 5.81. The summed E-state index contributed by atoms with van der Waals surface area (Å²) >= 11 is 1.35. The SMILES string of the molecule is C[C@H](NP(=O)(OCC1=CC[C@H](n2cnc(N)nc2=O)S1)Oc1cccc2ccccc12)C(=O)OCc1ccccc1. The first kappa shape index (κ1) is 28.6. The lowest BCUT2D eigenvalue weighted by molar-refractivity contribution is -0.146. The van der Waals surface area contributed by atoms with Crippen LogP contribution in [0.15, 0.2) is 94.9 Å². The summed E-state index contributed by atoms with van der Waals surface area (Å²) in [6, 6.07) is 21.1. The Labute approximate surface area is 240 Å². The number of thioether (sulfide) groups is 1. The molecule has 0 spiro atoms. The molecule has 41 heavy (non-hydrogen) atoms. The first-order chi connectivity index (χ1) is 19.8. The minimum absolute atomic E-state index is 0.0696. The third-order valence-electron chi connectivity index (χ3n) is 6.16. The number of nitrogen functional groups attached to an aromatic ring is 1. The molecule has 3 aromatic carbocycles. The number of ether oxygens (including phenoxy) is 1. The minimum atomic E-state index is -4.13. The number of nitrogens with one attached hydrogen (secondary N) is 1. The van der Waals surface area contributed by atoms with Crippen molar-refractivity contribution in [3.63, 3.8) is 0 Å². The summed E-state index contributed by atoms with van der Waals surface area (Å²) < 4.78 is 32.8. The van der Waals surface area contributed by atoms with Crippen LogP contribution >= 0.6 is 19.5 Å². The van der Waals surface area contributed by atoms with Crippen LogP contribution in [0, 0.1) is 0 Å². The summed E-state index contributed by atoms with van der Waals surface area (Å²) in [5, 5.41) is 4.05. The lowest BCUT2D eigenvalue weighted by atomic mass is 10.1. The molecule has 2 heterocycles. The molecule has 5 rings (SSSR count). The average molecular weight is 594 g/mol. The maximum Gasteiger partial charge on any atom is 0.459 e. The summed E-state index contributed by atoms with van der Waals surface area (Å²) in [4.78, 5) is 33.3. The maximum atomic E-state index is 14.1. The molecule has 3 N–H and O–H groups in total. The Morgan fingerprint density at radius 1 is 1.12 bits per heavy atom. The van der Waals surface area contributed by atoms with Gasteiger partial charge in [-0.2, -0.15) is 10.1 Å². The molecule has 11 nitrogen and oxygen atoms in total. The molecule has 0 fully saturated rings. The van der Waals surface area contributed by atoms with Gasteiger partial charge in [0.2, 0.25) is 5.95 Å². The van der Waals surface area contributed by atoms with Gasteiger partial charge in [0.05, 0.1) is 12.0 Å². The van der Waals surface area contributed by atoms with Gasteiger partial charge in [-0.3, -0.25) is 13.9 Å². The van der Waals surface area contributed by atoms with Crippen molar-refractivity contribution in [3.8, 4) is 5.75 Å². The van der Waals surface area contributed by atoms with Crippen molar-refractivity contribution >= 4 is 42.2 Å². The van der Waals surface area contributed by atoms with E-state index in [1.807, 2.05) is 66.7 Å². The second-order valence-electron chi connectivity index (χ2n) is 9.17. The van der Waals surface area contributed by atoms with Crippen molar-refractivity contribution in [1.82, 2.24) is 19.6 Å². The number of esters is 1. The van der Waals surface area contributed by atoms with Gasteiger partial charge in [0.1, 0.15) is 24.7 Å². The van der Waals surface area contributed by atoms with Crippen LogP contribution in [0.5, 0.6) is 5.75 Å². The Bertz CT molecular complexity index is 1680. The number of fused-ring (bicyclic) bond motifs is 1. The molecule has 212 valence electrons. The number of hydrogen-bond donors (Lipinski definition) is 2. The molecule has 1 aliphatic rings. The molecule has 13 heteroatoms. The van der Waals surface area contributed by atoms with Crippen LogP contribution in [-0.4, -0.2) is 33.2 Å². The molecule has 0 saturated heterocycles. The van der Waals surface area contributed by atoms with Gasteiger partial charge >= 0.3 is 19.4 Å². The van der Waals surface area contributed by atoms with Crippen LogP contribution < -0.4 is 21.0 Å². The number of carbonyl (C=O) groups is 1. The van der Waals surface area contributed by atoms with E-state index in [1.165, 1.54) is 29.6 Å². The number of allylic oxidation sites excluding steroid dienone is 1. The van der Waals surface area contributed by atoms with Gasteiger partial charge < -0.3 is 15.0 Å². The molecule has 3 atom stereocenters. The summed E-state index contributed by atoms with van der Waals surface area (Å²) in [7, 11) is -4.13. The molecular formula is C28H28N5O6PS. The highest BCUT2D eigenvalue weighted by Crippen LogP contribution is 2.49. The van der Waals surface area contributed by atoms with Gasteiger partial charge in [-0.1, -0.05) is 72.8 Å². The van der Waals surface area contributed by atoms with E-state index in [0.29, 0.717) is 12.2 Å². The van der Waals surface area contributed by atoms with Crippen LogP contribution in [0.2, 0.25) is 0 Å². The van der Waals surface area contributed by atoms with Crippen molar-refractivity contribution < 1.29 is 23.1 Å². The van der Waals surface area contributed by atoms with E-state index in [2.05, 4.69) is 15.1 Å². The number of anilines is 1. The average Bonchev–Trinajstić information content (AvgIpc) is 3.44. The standard InChI is InChI=1S/C28H28N5O6PS/c1-19(26(34)37-16-20-8-3-2-4-9-20)32-40(36,39-24-13-7-11-21-10-5-6-12-23(21)24)38-17-22-14-15-25(41-22)33-18-30-27(29)31-28(33)35/h2-14,18-19,25H,15-17H2,1H3,(H,32,36)(H2,29,31,35)/t19-,25+,40?/m0/s1. The minimum Gasteiger partial charge on any atom is -0.460 e. The Hall–Kier alpha value is -3.96. The zero-order valence-corrected chi connectivity index (χ0v) is 23.8. The van der Waals surface area contributed by atoms with Gasteiger partial charge in [0.25, 0.3) is 0 Å². The molecule has 0 amide bonds. The highest BCUT2D eigenvalue weighted by molar-refractivity contribution is 8.03. The summed E-state index contributed by atoms with van der Waals surface area (Å²) in [6.07, 6.45) is 3.72. The number of carbonyl (C=O) groups excluding carboxylic acids is 1. The zero-order chi connectivity index (χ0) is 28.8. The molecular weight excluding hydrogens is 565 g/mol. The number of rotatable bonds is 11. The van der Waals surface area contributed by atoms with Gasteiger partial charge in [0.15, 0.2) is 0 Å². The number of benzene rings is 3. The van der Waals surface area contributed by atoms with Crippen LogP contribution in [0.1, 0.15) is 24.3 Å². The Kier molecular flexibility index (Phi) is 8.84. The molecule has 1 aliphatic heterocycles. The topological polar surface area (TPSA) is 148 Å². The van der Waals surface area contributed by atoms with E-state index in [9.17, 15) is 14.2 Å². The van der Waals surface area contributed by atoms with E-state index in [-0.39, 0.29) is 24.5 Å². The zero-order valence-electron chi connectivity index (χ0n) is 22.1. The second kappa shape index (κ2) is 12.7. The van der Waals surface area contributed by atoms with Crippen LogP contribution in [0.4, 0.5) is 5.95 Å². The van der Waals surface area contributed by atoms with E-state index < -0.39 is 25.4 Å². The van der Waals surface area contributed by atoms with Gasteiger partial charge in [-0.15, -0.1) is 11.8 Å².